The van der Waals surface area contributed by atoms with Crippen LogP contribution in [0.4, 0.5) is 0 Å². The predicted octanol–water partition coefficient (Wildman–Crippen LogP) is 0.415. The molecule has 1 aromatic rings. The van der Waals surface area contributed by atoms with Crippen molar-refractivity contribution in [1.82, 2.24) is 9.80 Å². The quantitative estimate of drug-likeness (QED) is 0.708. The Morgan fingerprint density at radius 3 is 2.57 bits per heavy atom. The van der Waals surface area contributed by atoms with Gasteiger partial charge in [-0.15, -0.1) is 11.8 Å². The van der Waals surface area contributed by atoms with Gasteiger partial charge < -0.3 is 24.2 Å². The second-order valence-corrected chi connectivity index (χ2v) is 8.17. The Bertz CT molecular complexity index is 707. The molecule has 0 unspecified atom stereocenters. The van der Waals surface area contributed by atoms with Crippen LogP contribution in [-0.4, -0.2) is 80.9 Å². The lowest BCUT2D eigenvalue weighted by Gasteiger charge is -2.33. The maximum Gasteiger partial charge on any atom is 0.234 e. The van der Waals surface area contributed by atoms with Gasteiger partial charge in [-0.3, -0.25) is 9.59 Å². The molecule has 2 aliphatic rings. The summed E-state index contributed by atoms with van der Waals surface area (Å²) in [6.07, 6.45) is 0.571. The molecule has 2 fully saturated rings. The number of carbonyl (C=O) groups excluding carboxylic acids is 2. The molecule has 2 saturated heterocycles. The van der Waals surface area contributed by atoms with E-state index in [1.165, 1.54) is 4.90 Å². The van der Waals surface area contributed by atoms with Gasteiger partial charge in [0.2, 0.25) is 11.8 Å². The summed E-state index contributed by atoms with van der Waals surface area (Å²) in [4.78, 5) is 29.7. The highest BCUT2D eigenvalue weighted by Gasteiger charge is 2.34. The molecule has 0 aliphatic carbocycles. The summed E-state index contributed by atoms with van der Waals surface area (Å²) in [6, 6.07) is 5.86. The van der Waals surface area contributed by atoms with Crippen LogP contribution in [0.5, 0.6) is 11.5 Å². The van der Waals surface area contributed by atoms with E-state index in [-0.39, 0.29) is 17.2 Å². The van der Waals surface area contributed by atoms with E-state index in [2.05, 4.69) is 0 Å². The van der Waals surface area contributed by atoms with E-state index in [4.69, 9.17) is 9.47 Å². The smallest absolute Gasteiger partial charge is 0.234 e. The first kappa shape index (κ1) is 20.8. The molecule has 28 heavy (non-hydrogen) atoms. The number of quaternary nitrogens is 1. The van der Waals surface area contributed by atoms with Crippen LogP contribution in [-0.2, 0) is 9.59 Å². The zero-order valence-corrected chi connectivity index (χ0v) is 17.7. The normalized spacial score (nSPS) is 20.5. The van der Waals surface area contributed by atoms with Crippen molar-refractivity contribution in [2.75, 3.05) is 59.2 Å². The minimum absolute atomic E-state index is 0.00895. The average Bonchev–Trinajstić information content (AvgIpc) is 3.11. The summed E-state index contributed by atoms with van der Waals surface area (Å²) >= 11 is 1.66. The van der Waals surface area contributed by atoms with E-state index < -0.39 is 0 Å². The zero-order valence-electron chi connectivity index (χ0n) is 16.9. The fraction of sp³-hybridized carbons (Fsp3) is 0.600. The van der Waals surface area contributed by atoms with Crippen LogP contribution in [0.3, 0.4) is 0 Å². The van der Waals surface area contributed by atoms with Crippen molar-refractivity contribution in [1.29, 1.82) is 0 Å². The molecule has 0 radical (unpaired) electrons. The molecule has 1 N–H and O–H groups in total. The summed E-state index contributed by atoms with van der Waals surface area (Å²) in [5, 5.41) is 0.00895. The second-order valence-electron chi connectivity index (χ2n) is 7.10. The van der Waals surface area contributed by atoms with Crippen molar-refractivity contribution in [3.05, 3.63) is 23.8 Å². The summed E-state index contributed by atoms with van der Waals surface area (Å²) < 4.78 is 10.7. The molecule has 0 saturated carbocycles. The number of methoxy groups -OCH3 is 2. The van der Waals surface area contributed by atoms with Gasteiger partial charge in [0.05, 0.1) is 59.2 Å². The maximum absolute atomic E-state index is 12.5. The standard InChI is InChI=1S/C20H29N3O4S/c1-4-18(24)22-10-7-21(8-11-22)9-12-23-19(25)14-28-20(23)15-5-6-16(26-2)17(13-15)27-3/h5-6,13,20H,4,7-12,14H2,1-3H3/p+1/t20-/m1/s1. The molecule has 0 bridgehead atoms. The number of benzene rings is 1. The van der Waals surface area contributed by atoms with Crippen molar-refractivity contribution < 1.29 is 24.0 Å². The SMILES string of the molecule is CCC(=O)N1CC[NH+](CCN2C(=O)CS[C@@H]2c2ccc(OC)c(OC)c2)CC1. The Labute approximate surface area is 170 Å². The molecule has 2 aliphatic heterocycles. The molecule has 1 atom stereocenters. The van der Waals surface area contributed by atoms with Crippen molar-refractivity contribution in [3.8, 4) is 11.5 Å². The van der Waals surface area contributed by atoms with Gasteiger partial charge in [0, 0.05) is 6.42 Å². The molecule has 2 amide bonds. The van der Waals surface area contributed by atoms with E-state index >= 15 is 0 Å². The van der Waals surface area contributed by atoms with Gasteiger partial charge in [0.25, 0.3) is 0 Å². The summed E-state index contributed by atoms with van der Waals surface area (Å²) in [5.74, 6) is 2.30. The van der Waals surface area contributed by atoms with Gasteiger partial charge in [-0.25, -0.2) is 0 Å². The predicted molar refractivity (Wildman–Crippen MR) is 109 cm³/mol. The van der Waals surface area contributed by atoms with Crippen LogP contribution in [0.2, 0.25) is 0 Å². The Morgan fingerprint density at radius 2 is 1.93 bits per heavy atom. The largest absolute Gasteiger partial charge is 0.493 e. The van der Waals surface area contributed by atoms with Crippen molar-refractivity contribution >= 4 is 23.6 Å². The first-order valence-corrected chi connectivity index (χ1v) is 10.9. The number of amides is 2. The molecule has 2 heterocycles. The highest BCUT2D eigenvalue weighted by molar-refractivity contribution is 8.00. The van der Waals surface area contributed by atoms with E-state index in [9.17, 15) is 9.59 Å². The molecule has 3 rings (SSSR count). The molecule has 154 valence electrons. The van der Waals surface area contributed by atoms with Crippen LogP contribution < -0.4 is 14.4 Å². The van der Waals surface area contributed by atoms with Crippen LogP contribution in [0.1, 0.15) is 24.3 Å². The van der Waals surface area contributed by atoms with Crippen LogP contribution in [0.25, 0.3) is 0 Å². The Balaban J connectivity index is 1.60. The van der Waals surface area contributed by atoms with Gasteiger partial charge in [0.15, 0.2) is 11.5 Å². The first-order valence-electron chi connectivity index (χ1n) is 9.81. The van der Waals surface area contributed by atoms with E-state index in [0.717, 1.165) is 44.8 Å². The molecule has 7 nitrogen and oxygen atoms in total. The fourth-order valence-electron chi connectivity index (χ4n) is 3.80. The lowest BCUT2D eigenvalue weighted by molar-refractivity contribution is -0.903. The number of carbonyl (C=O) groups is 2. The molecule has 0 spiro atoms. The molecule has 0 aromatic heterocycles. The Hall–Kier alpha value is -1.93. The van der Waals surface area contributed by atoms with Crippen LogP contribution >= 0.6 is 11.8 Å². The molecule has 8 heteroatoms. The Kier molecular flexibility index (Phi) is 7.07. The van der Waals surface area contributed by atoms with Crippen LogP contribution in [0.15, 0.2) is 18.2 Å². The highest BCUT2D eigenvalue weighted by Crippen LogP contribution is 2.41. The number of nitrogens with one attached hydrogen (secondary N) is 1. The number of nitrogens with zero attached hydrogens (tertiary/aromatic N) is 2. The average molecular weight is 409 g/mol. The maximum atomic E-state index is 12.5. The fourth-order valence-corrected chi connectivity index (χ4v) is 5.01. The lowest BCUT2D eigenvalue weighted by atomic mass is 10.1. The minimum atomic E-state index is 0.00895. The van der Waals surface area contributed by atoms with Crippen molar-refractivity contribution in [3.63, 3.8) is 0 Å². The molecular weight excluding hydrogens is 378 g/mol. The van der Waals surface area contributed by atoms with Gasteiger partial charge in [-0.05, 0) is 17.7 Å². The third-order valence-electron chi connectivity index (χ3n) is 5.49. The number of piperazine rings is 1. The number of thioether (sulfide) groups is 1. The zero-order chi connectivity index (χ0) is 20.1. The second kappa shape index (κ2) is 9.52. The third kappa shape index (κ3) is 4.55. The van der Waals surface area contributed by atoms with E-state index in [0.29, 0.717) is 23.7 Å². The highest BCUT2D eigenvalue weighted by atomic mass is 32.2. The summed E-state index contributed by atoms with van der Waals surface area (Å²) in [5.41, 5.74) is 1.06. The first-order chi connectivity index (χ1) is 13.6. The molecular formula is C20H30N3O4S+. The lowest BCUT2D eigenvalue weighted by Crippen LogP contribution is -3.15. The Morgan fingerprint density at radius 1 is 1.21 bits per heavy atom. The van der Waals surface area contributed by atoms with Gasteiger partial charge >= 0.3 is 0 Å². The number of hydrogen-bond donors (Lipinski definition) is 1. The minimum Gasteiger partial charge on any atom is -0.493 e. The summed E-state index contributed by atoms with van der Waals surface area (Å²) in [7, 11) is 3.24. The summed E-state index contributed by atoms with van der Waals surface area (Å²) in [6.45, 7) is 7.05. The monoisotopic (exact) mass is 408 g/mol. The van der Waals surface area contributed by atoms with Crippen LogP contribution in [0, 0.1) is 0 Å². The van der Waals surface area contributed by atoms with E-state index in [1.54, 1.807) is 26.0 Å². The topological polar surface area (TPSA) is 63.5 Å². The number of rotatable bonds is 7. The number of ether oxygens (including phenoxy) is 2. The van der Waals surface area contributed by atoms with Crippen molar-refractivity contribution in [2.45, 2.75) is 18.7 Å². The van der Waals surface area contributed by atoms with E-state index in [1.807, 2.05) is 34.9 Å². The van der Waals surface area contributed by atoms with Crippen molar-refractivity contribution in [2.24, 2.45) is 0 Å². The van der Waals surface area contributed by atoms with Gasteiger partial charge in [0.1, 0.15) is 5.37 Å². The molecule has 1 aromatic carbocycles. The third-order valence-corrected chi connectivity index (χ3v) is 6.75. The van der Waals surface area contributed by atoms with Gasteiger partial charge in [-0.1, -0.05) is 13.0 Å². The number of hydrogen-bond acceptors (Lipinski definition) is 5. The van der Waals surface area contributed by atoms with Gasteiger partial charge in [-0.2, -0.15) is 0 Å².